The fourth-order valence-corrected chi connectivity index (χ4v) is 3.85. The lowest BCUT2D eigenvalue weighted by Crippen LogP contribution is -2.43. The van der Waals surface area contributed by atoms with Crippen LogP contribution in [0.1, 0.15) is 43.4 Å². The highest BCUT2D eigenvalue weighted by molar-refractivity contribution is 5.73. The van der Waals surface area contributed by atoms with E-state index in [1.165, 1.54) is 11.1 Å². The van der Waals surface area contributed by atoms with E-state index in [1.807, 2.05) is 19.9 Å². The summed E-state index contributed by atoms with van der Waals surface area (Å²) in [7, 11) is 0. The zero-order valence-corrected chi connectivity index (χ0v) is 16.5. The Hall–Kier alpha value is -2.13. The van der Waals surface area contributed by atoms with Gasteiger partial charge in [-0.15, -0.1) is 0 Å². The maximum absolute atomic E-state index is 12.4. The molecule has 0 aromatic heterocycles. The van der Waals surface area contributed by atoms with Crippen molar-refractivity contribution >= 4 is 5.97 Å². The molecule has 0 radical (unpaired) electrons. The molecule has 1 aliphatic rings. The third-order valence-corrected chi connectivity index (χ3v) is 5.62. The zero-order chi connectivity index (χ0) is 19.1. The Morgan fingerprint density at radius 1 is 0.926 bits per heavy atom. The first-order chi connectivity index (χ1) is 13.0. The Bertz CT molecular complexity index is 716. The number of hydrogen-bond donors (Lipinski definition) is 1. The van der Waals surface area contributed by atoms with Gasteiger partial charge in [0, 0.05) is 5.92 Å². The summed E-state index contributed by atoms with van der Waals surface area (Å²) >= 11 is 0. The number of carbonyl (C=O) groups is 1. The van der Waals surface area contributed by atoms with Crippen molar-refractivity contribution in [3.63, 3.8) is 0 Å². The minimum Gasteiger partial charge on any atom is -0.459 e. The van der Waals surface area contributed by atoms with Crippen molar-refractivity contribution in [3.05, 3.63) is 71.3 Å². The predicted octanol–water partition coefficient (Wildman–Crippen LogP) is 4.34. The highest BCUT2D eigenvalue weighted by atomic mass is 16.6. The second-order valence-corrected chi connectivity index (χ2v) is 8.08. The van der Waals surface area contributed by atoms with Crippen LogP contribution in [0.4, 0.5) is 0 Å². The van der Waals surface area contributed by atoms with Crippen molar-refractivity contribution < 1.29 is 9.53 Å². The fraction of sp³-hybridized carbons (Fsp3) is 0.458. The summed E-state index contributed by atoms with van der Waals surface area (Å²) in [6, 6.07) is 18.9. The molecule has 0 unspecified atom stereocenters. The summed E-state index contributed by atoms with van der Waals surface area (Å²) in [5, 5.41) is 3.37. The van der Waals surface area contributed by atoms with Crippen molar-refractivity contribution in [2.75, 3.05) is 13.1 Å². The minimum atomic E-state index is -0.394. The van der Waals surface area contributed by atoms with Gasteiger partial charge in [0.15, 0.2) is 0 Å². The monoisotopic (exact) mass is 365 g/mol. The molecule has 3 heteroatoms. The van der Waals surface area contributed by atoms with Crippen LogP contribution in [0.25, 0.3) is 0 Å². The second kappa shape index (κ2) is 9.18. The van der Waals surface area contributed by atoms with Gasteiger partial charge in [-0.1, -0.05) is 54.6 Å². The van der Waals surface area contributed by atoms with Crippen LogP contribution in [0.15, 0.2) is 54.6 Å². The largest absolute Gasteiger partial charge is 0.459 e. The van der Waals surface area contributed by atoms with E-state index >= 15 is 0 Å². The first-order valence-corrected chi connectivity index (χ1v) is 10.1. The Morgan fingerprint density at radius 2 is 1.48 bits per heavy atom. The lowest BCUT2D eigenvalue weighted by Gasteiger charge is -2.36. The summed E-state index contributed by atoms with van der Waals surface area (Å²) in [4.78, 5) is 12.4. The van der Waals surface area contributed by atoms with Gasteiger partial charge < -0.3 is 10.1 Å². The van der Waals surface area contributed by atoms with Gasteiger partial charge in [0.05, 0.1) is 6.42 Å². The van der Waals surface area contributed by atoms with Crippen molar-refractivity contribution in [1.82, 2.24) is 5.32 Å². The molecule has 0 aliphatic carbocycles. The van der Waals surface area contributed by atoms with Gasteiger partial charge in [0.2, 0.25) is 0 Å². The molecule has 0 amide bonds. The molecule has 27 heavy (non-hydrogen) atoms. The van der Waals surface area contributed by atoms with Crippen LogP contribution < -0.4 is 5.32 Å². The molecule has 1 fully saturated rings. The number of rotatable bonds is 7. The number of ether oxygens (including phenoxy) is 1. The van der Waals surface area contributed by atoms with Crippen LogP contribution in [0.5, 0.6) is 0 Å². The van der Waals surface area contributed by atoms with E-state index in [0.29, 0.717) is 12.3 Å². The normalized spacial score (nSPS) is 15.5. The predicted molar refractivity (Wildman–Crippen MR) is 110 cm³/mol. The first-order valence-electron chi connectivity index (χ1n) is 10.1. The summed E-state index contributed by atoms with van der Waals surface area (Å²) in [6.07, 6.45) is 4.52. The maximum atomic E-state index is 12.4. The zero-order valence-electron chi connectivity index (χ0n) is 16.5. The van der Waals surface area contributed by atoms with Gasteiger partial charge in [0.1, 0.15) is 5.60 Å². The van der Waals surface area contributed by atoms with Gasteiger partial charge in [-0.2, -0.15) is 0 Å². The standard InChI is InChI=1S/C24H31NO2/c1-24(2,22-14-16-25-17-15-22)27-23(26)18-21-12-10-20(11-13-21)9-8-19-6-4-3-5-7-19/h3-7,10-13,22,25H,8-9,14-18H2,1-2H3. The minimum absolute atomic E-state index is 0.129. The lowest BCUT2D eigenvalue weighted by molar-refractivity contribution is -0.161. The molecule has 2 aromatic carbocycles. The molecule has 3 rings (SSSR count). The quantitative estimate of drug-likeness (QED) is 0.742. The molecule has 1 aliphatic heterocycles. The van der Waals surface area contributed by atoms with Crippen molar-refractivity contribution in [2.45, 2.75) is 51.6 Å². The van der Waals surface area contributed by atoms with Crippen molar-refractivity contribution in [1.29, 1.82) is 0 Å². The van der Waals surface area contributed by atoms with E-state index in [-0.39, 0.29) is 5.97 Å². The van der Waals surface area contributed by atoms with Crippen LogP contribution >= 0.6 is 0 Å². The Labute approximate surface area is 163 Å². The van der Waals surface area contributed by atoms with Gasteiger partial charge in [0.25, 0.3) is 0 Å². The molecule has 0 saturated carbocycles. The molecule has 2 aromatic rings. The molecule has 144 valence electrons. The third kappa shape index (κ3) is 5.93. The molecule has 0 bridgehead atoms. The average molecular weight is 366 g/mol. The number of nitrogens with one attached hydrogen (secondary N) is 1. The molecular formula is C24H31NO2. The van der Waals surface area contributed by atoms with Gasteiger partial charge in [-0.05, 0) is 69.3 Å². The maximum Gasteiger partial charge on any atom is 0.310 e. The van der Waals surface area contributed by atoms with Crippen molar-refractivity contribution in [2.24, 2.45) is 5.92 Å². The van der Waals surface area contributed by atoms with Crippen LogP contribution in [-0.4, -0.2) is 24.7 Å². The summed E-state index contributed by atoms with van der Waals surface area (Å²) < 4.78 is 5.85. The van der Waals surface area contributed by atoms with E-state index in [2.05, 4.69) is 53.8 Å². The van der Waals surface area contributed by atoms with Crippen molar-refractivity contribution in [3.8, 4) is 0 Å². The average Bonchev–Trinajstić information content (AvgIpc) is 2.68. The number of carbonyl (C=O) groups excluding carboxylic acids is 1. The molecule has 0 atom stereocenters. The van der Waals surface area contributed by atoms with Crippen LogP contribution in [0.3, 0.4) is 0 Å². The first kappa shape index (κ1) is 19.6. The number of esters is 1. The molecule has 3 nitrogen and oxygen atoms in total. The highest BCUT2D eigenvalue weighted by Crippen LogP contribution is 2.29. The van der Waals surface area contributed by atoms with Crippen LogP contribution in [-0.2, 0) is 28.8 Å². The highest BCUT2D eigenvalue weighted by Gasteiger charge is 2.33. The van der Waals surface area contributed by atoms with E-state index in [4.69, 9.17) is 4.74 Å². The fourth-order valence-electron chi connectivity index (χ4n) is 3.85. The Balaban J connectivity index is 1.49. The molecular weight excluding hydrogens is 334 g/mol. The van der Waals surface area contributed by atoms with E-state index in [9.17, 15) is 4.79 Å². The van der Waals surface area contributed by atoms with E-state index in [1.54, 1.807) is 0 Å². The van der Waals surface area contributed by atoms with E-state index < -0.39 is 5.60 Å². The number of piperidine rings is 1. The molecule has 0 spiro atoms. The molecule has 1 heterocycles. The third-order valence-electron chi connectivity index (χ3n) is 5.62. The summed E-state index contributed by atoms with van der Waals surface area (Å²) in [5.74, 6) is 0.304. The van der Waals surface area contributed by atoms with Gasteiger partial charge in [-0.3, -0.25) is 4.79 Å². The van der Waals surface area contributed by atoms with Crippen LogP contribution in [0, 0.1) is 5.92 Å². The number of benzene rings is 2. The van der Waals surface area contributed by atoms with E-state index in [0.717, 1.165) is 44.3 Å². The molecule has 1 N–H and O–H groups in total. The lowest BCUT2D eigenvalue weighted by atomic mass is 9.83. The summed E-state index contributed by atoms with van der Waals surface area (Å²) in [5.41, 5.74) is 3.27. The second-order valence-electron chi connectivity index (χ2n) is 8.08. The Kier molecular flexibility index (Phi) is 6.68. The summed E-state index contributed by atoms with van der Waals surface area (Å²) in [6.45, 7) is 6.12. The topological polar surface area (TPSA) is 38.3 Å². The smallest absolute Gasteiger partial charge is 0.310 e. The number of aryl methyl sites for hydroxylation is 2. The van der Waals surface area contributed by atoms with Gasteiger partial charge >= 0.3 is 5.97 Å². The SMILES string of the molecule is CC(C)(OC(=O)Cc1ccc(CCc2ccccc2)cc1)C1CCNCC1. The molecule has 1 saturated heterocycles. The van der Waals surface area contributed by atoms with Gasteiger partial charge in [-0.25, -0.2) is 0 Å². The number of hydrogen-bond acceptors (Lipinski definition) is 3. The van der Waals surface area contributed by atoms with Crippen LogP contribution in [0.2, 0.25) is 0 Å². The Morgan fingerprint density at radius 3 is 2.11 bits per heavy atom.